The van der Waals surface area contributed by atoms with E-state index in [9.17, 15) is 26.7 Å². The van der Waals surface area contributed by atoms with Crippen LogP contribution in [0.1, 0.15) is 5.56 Å². The molecule has 0 bridgehead atoms. The number of urea groups is 1. The molecule has 6 nitrogen and oxygen atoms in total. The van der Waals surface area contributed by atoms with Crippen LogP contribution in [0.15, 0.2) is 53.6 Å². The van der Waals surface area contributed by atoms with Crippen LogP contribution >= 0.6 is 0 Å². The molecule has 0 fully saturated rings. The molecule has 0 unspecified atom stereocenters. The molecule has 0 radical (unpaired) electrons. The molecule has 0 atom stereocenters. The SMILES string of the molecule is COc1cc(/C=N/NC(=O)Nc2ccccc2)ccc1Oc1c(F)c(F)c(F)c(F)c1F. The number of nitrogens with zero attached hydrogens (tertiary/aromatic N) is 1. The third-order valence-corrected chi connectivity index (χ3v) is 3.98. The fraction of sp³-hybridized carbons (Fsp3) is 0.0476. The second kappa shape index (κ2) is 9.77. The maximum Gasteiger partial charge on any atom is 0.339 e. The van der Waals surface area contributed by atoms with E-state index in [1.54, 1.807) is 30.3 Å². The Bertz CT molecular complexity index is 1140. The molecule has 0 aliphatic carbocycles. The monoisotopic (exact) mass is 451 g/mol. The van der Waals surface area contributed by atoms with Crippen LogP contribution in [0.25, 0.3) is 0 Å². The normalized spacial score (nSPS) is 10.8. The highest BCUT2D eigenvalue weighted by Crippen LogP contribution is 2.37. The van der Waals surface area contributed by atoms with Gasteiger partial charge in [0, 0.05) is 5.69 Å². The summed E-state index contributed by atoms with van der Waals surface area (Å²) in [7, 11) is 1.20. The summed E-state index contributed by atoms with van der Waals surface area (Å²) in [5, 5.41) is 6.29. The molecule has 0 aliphatic heterocycles. The zero-order valence-corrected chi connectivity index (χ0v) is 16.3. The second-order valence-electron chi connectivity index (χ2n) is 6.10. The van der Waals surface area contributed by atoms with Gasteiger partial charge < -0.3 is 14.8 Å². The van der Waals surface area contributed by atoms with Crippen LogP contribution in [-0.2, 0) is 0 Å². The van der Waals surface area contributed by atoms with Gasteiger partial charge in [-0.25, -0.2) is 23.4 Å². The van der Waals surface area contributed by atoms with Gasteiger partial charge in [0.05, 0.1) is 13.3 Å². The molecule has 0 saturated carbocycles. The first-order valence-electron chi connectivity index (χ1n) is 8.84. The average Bonchev–Trinajstić information content (AvgIpc) is 2.80. The third kappa shape index (κ3) is 4.94. The molecule has 0 aliphatic rings. The lowest BCUT2D eigenvalue weighted by Crippen LogP contribution is -2.24. The highest BCUT2D eigenvalue weighted by atomic mass is 19.2. The number of para-hydroxylation sites is 1. The molecule has 166 valence electrons. The van der Waals surface area contributed by atoms with Crippen molar-refractivity contribution in [3.05, 3.63) is 83.2 Å². The van der Waals surface area contributed by atoms with Gasteiger partial charge in [-0.1, -0.05) is 18.2 Å². The summed E-state index contributed by atoms with van der Waals surface area (Å²) in [6, 6.07) is 11.8. The summed E-state index contributed by atoms with van der Waals surface area (Å²) in [4.78, 5) is 11.8. The zero-order chi connectivity index (χ0) is 23.3. The van der Waals surface area contributed by atoms with Gasteiger partial charge in [0.2, 0.25) is 34.8 Å². The predicted molar refractivity (Wildman–Crippen MR) is 105 cm³/mol. The van der Waals surface area contributed by atoms with Crippen LogP contribution in [0.4, 0.5) is 32.4 Å². The number of carbonyl (C=O) groups excluding carboxylic acids is 1. The van der Waals surface area contributed by atoms with E-state index in [4.69, 9.17) is 9.47 Å². The molecule has 32 heavy (non-hydrogen) atoms. The summed E-state index contributed by atoms with van der Waals surface area (Å²) in [6.07, 6.45) is 1.23. The number of hydrogen-bond acceptors (Lipinski definition) is 4. The molecule has 2 amide bonds. The lowest BCUT2D eigenvalue weighted by atomic mass is 10.2. The lowest BCUT2D eigenvalue weighted by Gasteiger charge is -2.13. The van der Waals surface area contributed by atoms with E-state index in [0.29, 0.717) is 11.3 Å². The van der Waals surface area contributed by atoms with E-state index in [1.165, 1.54) is 31.5 Å². The van der Waals surface area contributed by atoms with Crippen molar-refractivity contribution in [1.82, 2.24) is 5.43 Å². The molecule has 0 heterocycles. The lowest BCUT2D eigenvalue weighted by molar-refractivity contribution is 0.252. The number of halogens is 5. The summed E-state index contributed by atoms with van der Waals surface area (Å²) >= 11 is 0. The van der Waals surface area contributed by atoms with E-state index >= 15 is 0 Å². The highest BCUT2D eigenvalue weighted by molar-refractivity contribution is 5.90. The van der Waals surface area contributed by atoms with Gasteiger partial charge >= 0.3 is 6.03 Å². The number of carbonyl (C=O) groups is 1. The van der Waals surface area contributed by atoms with Crippen molar-refractivity contribution in [3.8, 4) is 17.2 Å². The van der Waals surface area contributed by atoms with E-state index in [2.05, 4.69) is 15.8 Å². The standard InChI is InChI=1S/C21H14F5N3O3/c1-31-14-9-11(10-27-29-21(30)28-12-5-3-2-4-6-12)7-8-13(14)32-20-18(25)16(23)15(22)17(24)19(20)26/h2-10H,1H3,(H2,28,29,30)/b27-10+. The molecule has 2 N–H and O–H groups in total. The molecule has 0 aromatic heterocycles. The number of anilines is 1. The van der Waals surface area contributed by atoms with Gasteiger partial charge in [0.15, 0.2) is 11.5 Å². The second-order valence-corrected chi connectivity index (χ2v) is 6.10. The number of rotatable bonds is 6. The summed E-state index contributed by atoms with van der Waals surface area (Å²) in [5.74, 6) is -12.7. The van der Waals surface area contributed by atoms with Crippen molar-refractivity contribution in [2.75, 3.05) is 12.4 Å². The van der Waals surface area contributed by atoms with E-state index < -0.39 is 40.9 Å². The molecule has 0 saturated heterocycles. The van der Waals surface area contributed by atoms with Crippen LogP contribution in [0.5, 0.6) is 17.2 Å². The van der Waals surface area contributed by atoms with Gasteiger partial charge in [0.1, 0.15) is 0 Å². The topological polar surface area (TPSA) is 72.0 Å². The fourth-order valence-electron chi connectivity index (χ4n) is 2.48. The number of amides is 2. The van der Waals surface area contributed by atoms with Crippen molar-refractivity contribution in [2.24, 2.45) is 5.10 Å². The molecule has 11 heteroatoms. The van der Waals surface area contributed by atoms with Crippen molar-refractivity contribution in [2.45, 2.75) is 0 Å². The minimum atomic E-state index is -2.30. The molecule has 0 spiro atoms. The van der Waals surface area contributed by atoms with Crippen LogP contribution in [0, 0.1) is 29.1 Å². The van der Waals surface area contributed by atoms with Gasteiger partial charge in [-0.3, -0.25) is 0 Å². The minimum absolute atomic E-state index is 0.0911. The molecule has 3 rings (SSSR count). The quantitative estimate of drug-likeness (QED) is 0.175. The highest BCUT2D eigenvalue weighted by Gasteiger charge is 2.28. The van der Waals surface area contributed by atoms with E-state index in [1.807, 2.05) is 0 Å². The maximum absolute atomic E-state index is 13.8. The van der Waals surface area contributed by atoms with Gasteiger partial charge in [-0.05, 0) is 35.9 Å². The smallest absolute Gasteiger partial charge is 0.339 e. The number of hydrogen-bond donors (Lipinski definition) is 2. The van der Waals surface area contributed by atoms with Crippen LogP contribution in [-0.4, -0.2) is 19.4 Å². The van der Waals surface area contributed by atoms with Gasteiger partial charge in [-0.15, -0.1) is 0 Å². The molecular formula is C21H14F5N3O3. The molecule has 3 aromatic carbocycles. The average molecular weight is 451 g/mol. The molecular weight excluding hydrogens is 437 g/mol. The van der Waals surface area contributed by atoms with E-state index in [0.717, 1.165) is 0 Å². The van der Waals surface area contributed by atoms with Crippen LogP contribution in [0.3, 0.4) is 0 Å². The first kappa shape index (κ1) is 22.5. The first-order chi connectivity index (χ1) is 15.3. The Balaban J connectivity index is 1.74. The third-order valence-electron chi connectivity index (χ3n) is 3.98. The number of hydrazone groups is 1. The Morgan fingerprint density at radius 1 is 0.875 bits per heavy atom. The van der Waals surface area contributed by atoms with Gasteiger partial charge in [-0.2, -0.15) is 13.9 Å². The number of nitrogens with one attached hydrogen (secondary N) is 2. The van der Waals surface area contributed by atoms with Crippen molar-refractivity contribution in [3.63, 3.8) is 0 Å². The Kier molecular flexibility index (Phi) is 6.88. The van der Waals surface area contributed by atoms with E-state index in [-0.39, 0.29) is 11.5 Å². The Hall–Kier alpha value is -4.15. The predicted octanol–water partition coefficient (Wildman–Crippen LogP) is 5.34. The summed E-state index contributed by atoms with van der Waals surface area (Å²) < 4.78 is 77.5. The Morgan fingerprint density at radius 2 is 1.50 bits per heavy atom. The summed E-state index contributed by atoms with van der Waals surface area (Å²) in [5.41, 5.74) is 3.15. The number of methoxy groups -OCH3 is 1. The Morgan fingerprint density at radius 3 is 2.12 bits per heavy atom. The maximum atomic E-state index is 13.8. The van der Waals surface area contributed by atoms with Crippen molar-refractivity contribution >= 4 is 17.9 Å². The zero-order valence-electron chi connectivity index (χ0n) is 16.3. The van der Waals surface area contributed by atoms with Gasteiger partial charge in [0.25, 0.3) is 0 Å². The number of benzene rings is 3. The Labute approximate surface area is 178 Å². The first-order valence-corrected chi connectivity index (χ1v) is 8.84. The summed E-state index contributed by atoms with van der Waals surface area (Å²) in [6.45, 7) is 0. The molecule has 3 aromatic rings. The van der Waals surface area contributed by atoms with Crippen molar-refractivity contribution < 1.29 is 36.2 Å². The fourth-order valence-corrected chi connectivity index (χ4v) is 2.48. The van der Waals surface area contributed by atoms with Crippen molar-refractivity contribution in [1.29, 1.82) is 0 Å². The largest absolute Gasteiger partial charge is 0.493 e. The minimum Gasteiger partial charge on any atom is -0.493 e. The van der Waals surface area contributed by atoms with Crippen LogP contribution in [0.2, 0.25) is 0 Å². The number of ether oxygens (including phenoxy) is 2. The van der Waals surface area contributed by atoms with Crippen LogP contribution < -0.4 is 20.2 Å².